The third-order valence-electron chi connectivity index (χ3n) is 3.49. The van der Waals surface area contributed by atoms with Gasteiger partial charge in [-0.2, -0.15) is 0 Å². The minimum absolute atomic E-state index is 0.0605. The van der Waals surface area contributed by atoms with E-state index in [4.69, 9.17) is 0 Å². The maximum Gasteiger partial charge on any atom is 0.253 e. The van der Waals surface area contributed by atoms with E-state index in [9.17, 15) is 9.18 Å². The molecule has 2 aromatic rings. The topological polar surface area (TPSA) is 33.2 Å². The molecule has 0 spiro atoms. The Balaban J connectivity index is 2.06. The Hall–Kier alpha value is -2.23. The summed E-state index contributed by atoms with van der Waals surface area (Å²) >= 11 is 0. The van der Waals surface area contributed by atoms with E-state index in [2.05, 4.69) is 4.98 Å². The number of aromatic nitrogens is 1. The second-order valence-electron chi connectivity index (χ2n) is 4.95. The predicted molar refractivity (Wildman–Crippen MR) is 80.7 cm³/mol. The average Bonchev–Trinajstić information content (AvgIpc) is 2.51. The van der Waals surface area contributed by atoms with Crippen molar-refractivity contribution >= 4 is 5.91 Å². The molecule has 0 aliphatic heterocycles. The van der Waals surface area contributed by atoms with Crippen molar-refractivity contribution in [2.24, 2.45) is 0 Å². The molecule has 0 N–H and O–H groups in total. The summed E-state index contributed by atoms with van der Waals surface area (Å²) in [6.45, 7) is 4.87. The van der Waals surface area contributed by atoms with Gasteiger partial charge in [0.2, 0.25) is 0 Å². The van der Waals surface area contributed by atoms with Crippen LogP contribution >= 0.6 is 0 Å². The molecule has 0 aliphatic carbocycles. The largest absolute Gasteiger partial charge is 0.339 e. The van der Waals surface area contributed by atoms with Gasteiger partial charge in [0.05, 0.1) is 0 Å². The van der Waals surface area contributed by atoms with Crippen molar-refractivity contribution in [2.75, 3.05) is 13.1 Å². The number of hydrogen-bond donors (Lipinski definition) is 0. The summed E-state index contributed by atoms with van der Waals surface area (Å²) in [5.74, 6) is -0.346. The summed E-state index contributed by atoms with van der Waals surface area (Å²) in [5.41, 5.74) is 2.17. The third kappa shape index (κ3) is 3.88. The molecule has 0 saturated heterocycles. The summed E-state index contributed by atoms with van der Waals surface area (Å²) in [4.78, 5) is 18.2. The molecule has 0 bridgehead atoms. The first-order valence-electron chi connectivity index (χ1n) is 7.06. The van der Waals surface area contributed by atoms with Gasteiger partial charge in [0.1, 0.15) is 5.82 Å². The summed E-state index contributed by atoms with van der Waals surface area (Å²) in [7, 11) is 0. The van der Waals surface area contributed by atoms with Crippen LogP contribution in [0.2, 0.25) is 0 Å². The highest BCUT2D eigenvalue weighted by Crippen LogP contribution is 2.12. The number of likely N-dealkylation sites (N-methyl/N-ethyl adjacent to an activating group) is 1. The van der Waals surface area contributed by atoms with Crippen molar-refractivity contribution in [3.63, 3.8) is 0 Å². The van der Waals surface area contributed by atoms with Gasteiger partial charge in [0, 0.05) is 31.0 Å². The van der Waals surface area contributed by atoms with Crippen LogP contribution in [0.1, 0.15) is 28.4 Å². The number of halogens is 1. The van der Waals surface area contributed by atoms with Crippen LogP contribution in [0.25, 0.3) is 0 Å². The fraction of sp³-hybridized carbons (Fsp3) is 0.294. The van der Waals surface area contributed by atoms with Crippen LogP contribution in [0.4, 0.5) is 4.39 Å². The number of benzene rings is 1. The molecular formula is C17H19FN2O. The van der Waals surface area contributed by atoms with Gasteiger partial charge in [-0.25, -0.2) is 4.39 Å². The lowest BCUT2D eigenvalue weighted by molar-refractivity contribution is 0.0766. The zero-order chi connectivity index (χ0) is 15.2. The lowest BCUT2D eigenvalue weighted by Gasteiger charge is -2.21. The number of carbonyl (C=O) groups is 1. The number of hydrogen-bond acceptors (Lipinski definition) is 2. The Bertz CT molecular complexity index is 613. The third-order valence-corrected chi connectivity index (χ3v) is 3.49. The second-order valence-corrected chi connectivity index (χ2v) is 4.95. The van der Waals surface area contributed by atoms with Gasteiger partial charge in [-0.05, 0) is 61.7 Å². The van der Waals surface area contributed by atoms with E-state index < -0.39 is 0 Å². The van der Waals surface area contributed by atoms with Crippen molar-refractivity contribution in [1.82, 2.24) is 9.88 Å². The fourth-order valence-corrected chi connectivity index (χ4v) is 2.18. The number of nitrogens with zero attached hydrogens (tertiary/aromatic N) is 2. The zero-order valence-corrected chi connectivity index (χ0v) is 12.3. The van der Waals surface area contributed by atoms with E-state index in [-0.39, 0.29) is 11.7 Å². The molecule has 0 aliphatic rings. The molecular weight excluding hydrogens is 267 g/mol. The molecule has 4 heteroatoms. The number of carbonyl (C=O) groups excluding carboxylic acids is 1. The standard InChI is InChI=1S/C17H19FN2O/c1-3-20(11-8-14-6-9-19-10-7-14)17(21)15-4-5-16(18)13(2)12-15/h4-7,9-10,12H,3,8,11H2,1-2H3. The highest BCUT2D eigenvalue weighted by Gasteiger charge is 2.15. The molecule has 1 aromatic heterocycles. The predicted octanol–water partition coefficient (Wildman–Crippen LogP) is 3.23. The normalized spacial score (nSPS) is 10.4. The fourth-order valence-electron chi connectivity index (χ4n) is 2.18. The first-order valence-corrected chi connectivity index (χ1v) is 7.06. The molecule has 1 heterocycles. The SMILES string of the molecule is CCN(CCc1ccncc1)C(=O)c1ccc(F)c(C)c1. The van der Waals surface area contributed by atoms with Crippen molar-refractivity contribution in [1.29, 1.82) is 0 Å². The quantitative estimate of drug-likeness (QED) is 0.845. The smallest absolute Gasteiger partial charge is 0.253 e. The minimum Gasteiger partial charge on any atom is -0.339 e. The van der Waals surface area contributed by atoms with E-state index in [0.717, 1.165) is 12.0 Å². The van der Waals surface area contributed by atoms with Crippen molar-refractivity contribution in [2.45, 2.75) is 20.3 Å². The zero-order valence-electron chi connectivity index (χ0n) is 12.3. The monoisotopic (exact) mass is 286 g/mol. The van der Waals surface area contributed by atoms with Crippen molar-refractivity contribution < 1.29 is 9.18 Å². The van der Waals surface area contributed by atoms with E-state index in [1.165, 1.54) is 6.07 Å². The van der Waals surface area contributed by atoms with E-state index >= 15 is 0 Å². The molecule has 0 radical (unpaired) electrons. The lowest BCUT2D eigenvalue weighted by atomic mass is 10.1. The highest BCUT2D eigenvalue weighted by molar-refractivity contribution is 5.94. The van der Waals surface area contributed by atoms with Crippen LogP contribution in [-0.4, -0.2) is 28.9 Å². The summed E-state index contributed by atoms with van der Waals surface area (Å²) in [6.07, 6.45) is 4.27. The van der Waals surface area contributed by atoms with Gasteiger partial charge in [-0.1, -0.05) is 0 Å². The first kappa shape index (κ1) is 15.2. The molecule has 3 nitrogen and oxygen atoms in total. The van der Waals surface area contributed by atoms with Crippen molar-refractivity contribution in [3.05, 3.63) is 65.2 Å². The Labute approximate surface area is 124 Å². The maximum atomic E-state index is 13.3. The van der Waals surface area contributed by atoms with Crippen LogP contribution in [0, 0.1) is 12.7 Å². The van der Waals surface area contributed by atoms with Gasteiger partial charge in [-0.3, -0.25) is 9.78 Å². The van der Waals surface area contributed by atoms with Crippen LogP contribution in [-0.2, 0) is 6.42 Å². The van der Waals surface area contributed by atoms with Gasteiger partial charge in [0.15, 0.2) is 0 Å². The lowest BCUT2D eigenvalue weighted by Crippen LogP contribution is -2.32. The van der Waals surface area contributed by atoms with E-state index in [1.54, 1.807) is 36.4 Å². The molecule has 0 atom stereocenters. The van der Waals surface area contributed by atoms with Crippen LogP contribution in [0.5, 0.6) is 0 Å². The van der Waals surface area contributed by atoms with Gasteiger partial charge in [-0.15, -0.1) is 0 Å². The Kier molecular flexibility index (Phi) is 5.04. The number of rotatable bonds is 5. The average molecular weight is 286 g/mol. The number of pyridine rings is 1. The molecule has 0 unspecified atom stereocenters. The molecule has 1 amide bonds. The van der Waals surface area contributed by atoms with Crippen LogP contribution in [0.3, 0.4) is 0 Å². The molecule has 1 aromatic carbocycles. The van der Waals surface area contributed by atoms with Crippen LogP contribution in [0.15, 0.2) is 42.7 Å². The maximum absolute atomic E-state index is 13.3. The first-order chi connectivity index (χ1) is 10.1. The molecule has 0 fully saturated rings. The van der Waals surface area contributed by atoms with Gasteiger partial charge in [0.25, 0.3) is 5.91 Å². The molecule has 2 rings (SSSR count). The Morgan fingerprint density at radius 2 is 1.95 bits per heavy atom. The summed E-state index contributed by atoms with van der Waals surface area (Å²) in [5, 5.41) is 0. The van der Waals surface area contributed by atoms with Gasteiger partial charge < -0.3 is 4.90 Å². The minimum atomic E-state index is -0.286. The molecule has 0 saturated carbocycles. The summed E-state index contributed by atoms with van der Waals surface area (Å²) < 4.78 is 13.3. The number of amides is 1. The van der Waals surface area contributed by atoms with E-state index in [1.807, 2.05) is 19.1 Å². The van der Waals surface area contributed by atoms with Gasteiger partial charge >= 0.3 is 0 Å². The highest BCUT2D eigenvalue weighted by atomic mass is 19.1. The van der Waals surface area contributed by atoms with E-state index in [0.29, 0.717) is 24.2 Å². The summed E-state index contributed by atoms with van der Waals surface area (Å²) in [6, 6.07) is 8.38. The molecule has 21 heavy (non-hydrogen) atoms. The Morgan fingerprint density at radius 1 is 1.24 bits per heavy atom. The second kappa shape index (κ2) is 6.97. The number of aryl methyl sites for hydroxylation is 1. The Morgan fingerprint density at radius 3 is 2.57 bits per heavy atom. The molecule has 110 valence electrons. The van der Waals surface area contributed by atoms with Crippen molar-refractivity contribution in [3.8, 4) is 0 Å². The van der Waals surface area contributed by atoms with Crippen LogP contribution < -0.4 is 0 Å².